The number of hydrogen-bond acceptors (Lipinski definition) is 5. The summed E-state index contributed by atoms with van der Waals surface area (Å²) in [6.07, 6.45) is 2.16. The van der Waals surface area contributed by atoms with Crippen LogP contribution in [0.15, 0.2) is 89.8 Å². The van der Waals surface area contributed by atoms with E-state index in [1.54, 1.807) is 11.8 Å². The van der Waals surface area contributed by atoms with Gasteiger partial charge in [0.25, 0.3) is 0 Å². The average Bonchev–Trinajstić information content (AvgIpc) is 2.92. The van der Waals surface area contributed by atoms with Gasteiger partial charge in [-0.15, -0.1) is 11.8 Å². The molecule has 1 aliphatic heterocycles. The zero-order valence-corrected chi connectivity index (χ0v) is 21.1. The van der Waals surface area contributed by atoms with Crippen LogP contribution in [0.4, 0.5) is 0 Å². The minimum absolute atomic E-state index is 0.00513. The summed E-state index contributed by atoms with van der Waals surface area (Å²) >= 11 is 1.56. The zero-order valence-electron chi connectivity index (χ0n) is 20.3. The lowest BCUT2D eigenvalue weighted by Crippen LogP contribution is -2.38. The highest BCUT2D eigenvalue weighted by Gasteiger charge is 2.22. The van der Waals surface area contributed by atoms with E-state index < -0.39 is 0 Å². The van der Waals surface area contributed by atoms with Gasteiger partial charge in [-0.25, -0.2) is 0 Å². The maximum absolute atomic E-state index is 13.2. The molecule has 0 saturated carbocycles. The largest absolute Gasteiger partial charge is 0.492 e. The highest BCUT2D eigenvalue weighted by atomic mass is 32.2. The van der Waals surface area contributed by atoms with Gasteiger partial charge in [-0.2, -0.15) is 0 Å². The Morgan fingerprint density at radius 1 is 1.03 bits per heavy atom. The molecule has 6 heteroatoms. The molecule has 0 aliphatic carbocycles. The number of carbonyl (C=O) groups is 1. The molecule has 184 valence electrons. The molecule has 1 N–H and O–H groups in total. The number of benzene rings is 3. The monoisotopic (exact) mass is 490 g/mol. The van der Waals surface area contributed by atoms with Crippen LogP contribution < -0.4 is 10.1 Å². The molecule has 1 aliphatic rings. The smallest absolute Gasteiger partial charge is 0.238 e. The van der Waals surface area contributed by atoms with Crippen LogP contribution in [0, 0.1) is 0 Å². The molecule has 4 rings (SSSR count). The van der Waals surface area contributed by atoms with Crippen molar-refractivity contribution in [1.29, 1.82) is 0 Å². The number of thioether (sulfide) groups is 1. The maximum atomic E-state index is 13.2. The van der Waals surface area contributed by atoms with E-state index in [1.807, 2.05) is 84.9 Å². The summed E-state index contributed by atoms with van der Waals surface area (Å²) in [6.45, 7) is 3.66. The van der Waals surface area contributed by atoms with Crippen molar-refractivity contribution in [1.82, 2.24) is 10.2 Å². The molecule has 0 radical (unpaired) electrons. The molecule has 3 aromatic rings. The number of ether oxygens (including phenoxy) is 2. The predicted octanol–water partition coefficient (Wildman–Crippen LogP) is 5.33. The van der Waals surface area contributed by atoms with Gasteiger partial charge in [0, 0.05) is 37.2 Å². The second-order valence-electron chi connectivity index (χ2n) is 8.76. The molecule has 0 spiro atoms. The number of hydrogen-bond donors (Lipinski definition) is 1. The molecule has 0 bridgehead atoms. The zero-order chi connectivity index (χ0) is 24.3. The first kappa shape index (κ1) is 25.3. The number of carbonyl (C=O) groups excluding carboxylic acids is 1. The molecule has 5 nitrogen and oxygen atoms in total. The Morgan fingerprint density at radius 3 is 2.49 bits per heavy atom. The van der Waals surface area contributed by atoms with Crippen molar-refractivity contribution in [2.24, 2.45) is 0 Å². The summed E-state index contributed by atoms with van der Waals surface area (Å²) in [4.78, 5) is 16.7. The van der Waals surface area contributed by atoms with E-state index in [-0.39, 0.29) is 11.2 Å². The van der Waals surface area contributed by atoms with E-state index in [0.717, 1.165) is 54.4 Å². The van der Waals surface area contributed by atoms with Crippen molar-refractivity contribution in [3.05, 3.63) is 96.1 Å². The Labute approximate surface area is 212 Å². The molecule has 0 aromatic heterocycles. The quantitative estimate of drug-likeness (QED) is 0.369. The Morgan fingerprint density at radius 2 is 1.74 bits per heavy atom. The molecule has 3 aromatic carbocycles. The first-order valence-corrected chi connectivity index (χ1v) is 13.1. The normalized spacial score (nSPS) is 15.0. The standard InChI is InChI=1S/C29H34N2O3S/c1-31(25-15-18-33-19-16-25)17-20-34-26-12-8-9-23(21-26)22-30-29(32)28(24-10-4-2-5-11-24)35-27-13-6-3-7-14-27/h2-14,21,25,28H,15-20,22H2,1H3,(H,30,32). The third-order valence-corrected chi connectivity index (χ3v) is 7.50. The van der Waals surface area contributed by atoms with E-state index >= 15 is 0 Å². The van der Waals surface area contributed by atoms with E-state index in [2.05, 4.69) is 17.3 Å². The highest BCUT2D eigenvalue weighted by Crippen LogP contribution is 2.35. The van der Waals surface area contributed by atoms with Gasteiger partial charge in [0.1, 0.15) is 17.6 Å². The summed E-state index contributed by atoms with van der Waals surface area (Å²) in [5, 5.41) is 2.81. The summed E-state index contributed by atoms with van der Waals surface area (Å²) < 4.78 is 11.5. The topological polar surface area (TPSA) is 50.8 Å². The van der Waals surface area contributed by atoms with Crippen molar-refractivity contribution >= 4 is 17.7 Å². The first-order chi connectivity index (χ1) is 17.2. The van der Waals surface area contributed by atoms with Crippen LogP contribution in [0.2, 0.25) is 0 Å². The van der Waals surface area contributed by atoms with Gasteiger partial charge in [-0.3, -0.25) is 9.69 Å². The molecular formula is C29H34N2O3S. The van der Waals surface area contributed by atoms with Gasteiger partial charge in [0.2, 0.25) is 5.91 Å². The molecule has 35 heavy (non-hydrogen) atoms. The van der Waals surface area contributed by atoms with Gasteiger partial charge in [-0.05, 0) is 55.3 Å². The SMILES string of the molecule is CN(CCOc1cccc(CNC(=O)C(Sc2ccccc2)c2ccccc2)c1)C1CCOCC1. The van der Waals surface area contributed by atoms with Gasteiger partial charge in [0.15, 0.2) is 0 Å². The lowest BCUT2D eigenvalue weighted by Gasteiger charge is -2.31. The van der Waals surface area contributed by atoms with Crippen LogP contribution in [0.1, 0.15) is 29.2 Å². The minimum atomic E-state index is -0.321. The van der Waals surface area contributed by atoms with Crippen molar-refractivity contribution in [2.75, 3.05) is 33.4 Å². The Bertz CT molecular complexity index is 1040. The van der Waals surface area contributed by atoms with Gasteiger partial charge in [0.05, 0.1) is 0 Å². The Kier molecular flexibility index (Phi) is 9.64. The van der Waals surface area contributed by atoms with Gasteiger partial charge < -0.3 is 14.8 Å². The molecule has 1 fully saturated rings. The van der Waals surface area contributed by atoms with Crippen LogP contribution in [0.5, 0.6) is 5.75 Å². The summed E-state index contributed by atoms with van der Waals surface area (Å²) in [5.74, 6) is 0.824. The van der Waals surface area contributed by atoms with Crippen LogP contribution in [0.3, 0.4) is 0 Å². The second-order valence-corrected chi connectivity index (χ2v) is 9.94. The third kappa shape index (κ3) is 7.85. The summed E-state index contributed by atoms with van der Waals surface area (Å²) in [6, 6.07) is 28.5. The molecule has 1 amide bonds. The lowest BCUT2D eigenvalue weighted by molar-refractivity contribution is -0.120. The molecule has 1 heterocycles. The van der Waals surface area contributed by atoms with Crippen LogP contribution >= 0.6 is 11.8 Å². The van der Waals surface area contributed by atoms with Gasteiger partial charge in [-0.1, -0.05) is 60.7 Å². The summed E-state index contributed by atoms with van der Waals surface area (Å²) in [7, 11) is 2.15. The fraction of sp³-hybridized carbons (Fsp3) is 0.345. The molecular weight excluding hydrogens is 456 g/mol. The number of likely N-dealkylation sites (N-methyl/N-ethyl adjacent to an activating group) is 1. The maximum Gasteiger partial charge on any atom is 0.238 e. The number of nitrogens with one attached hydrogen (secondary N) is 1. The molecule has 1 saturated heterocycles. The van der Waals surface area contributed by atoms with E-state index in [4.69, 9.17) is 9.47 Å². The van der Waals surface area contributed by atoms with Crippen molar-refractivity contribution < 1.29 is 14.3 Å². The van der Waals surface area contributed by atoms with Crippen LogP contribution in [-0.2, 0) is 16.1 Å². The predicted molar refractivity (Wildman–Crippen MR) is 142 cm³/mol. The molecule has 1 unspecified atom stereocenters. The number of amides is 1. The average molecular weight is 491 g/mol. The van der Waals surface area contributed by atoms with Crippen molar-refractivity contribution in [2.45, 2.75) is 35.6 Å². The van der Waals surface area contributed by atoms with E-state index in [0.29, 0.717) is 19.2 Å². The van der Waals surface area contributed by atoms with E-state index in [1.165, 1.54) is 0 Å². The minimum Gasteiger partial charge on any atom is -0.492 e. The Hall–Kier alpha value is -2.80. The highest BCUT2D eigenvalue weighted by molar-refractivity contribution is 8.00. The lowest BCUT2D eigenvalue weighted by atomic mass is 10.1. The first-order valence-electron chi connectivity index (χ1n) is 12.2. The van der Waals surface area contributed by atoms with Crippen molar-refractivity contribution in [3.63, 3.8) is 0 Å². The fourth-order valence-electron chi connectivity index (χ4n) is 4.18. The van der Waals surface area contributed by atoms with Gasteiger partial charge >= 0.3 is 0 Å². The fourth-order valence-corrected chi connectivity index (χ4v) is 5.25. The number of nitrogens with zero attached hydrogens (tertiary/aromatic N) is 1. The Balaban J connectivity index is 1.31. The number of rotatable bonds is 11. The van der Waals surface area contributed by atoms with Crippen LogP contribution in [0.25, 0.3) is 0 Å². The molecule has 1 atom stereocenters. The summed E-state index contributed by atoms with van der Waals surface area (Å²) in [5.41, 5.74) is 2.01. The van der Waals surface area contributed by atoms with Crippen LogP contribution in [-0.4, -0.2) is 50.3 Å². The third-order valence-electron chi connectivity index (χ3n) is 6.23. The van der Waals surface area contributed by atoms with Crippen molar-refractivity contribution in [3.8, 4) is 5.75 Å². The van der Waals surface area contributed by atoms with E-state index in [9.17, 15) is 4.79 Å². The second kappa shape index (κ2) is 13.3.